The molecule has 0 aliphatic carbocycles. The van der Waals surface area contributed by atoms with Crippen LogP contribution in [-0.2, 0) is 16.0 Å². The molecule has 6 heteroatoms. The molecule has 1 aliphatic rings. The van der Waals surface area contributed by atoms with Gasteiger partial charge in [-0.1, -0.05) is 18.2 Å². The fourth-order valence-electron chi connectivity index (χ4n) is 2.25. The maximum absolute atomic E-state index is 13.4. The minimum atomic E-state index is -0.315. The lowest BCUT2D eigenvalue weighted by Crippen LogP contribution is -2.36. The Morgan fingerprint density at radius 1 is 1.36 bits per heavy atom. The van der Waals surface area contributed by atoms with Crippen LogP contribution in [0.3, 0.4) is 0 Å². The Hall–Kier alpha value is -1.66. The van der Waals surface area contributed by atoms with Crippen molar-refractivity contribution < 1.29 is 18.7 Å². The molecule has 0 bridgehead atoms. The number of carbonyl (C=O) groups excluding carboxylic acids is 1. The highest BCUT2D eigenvalue weighted by atomic mass is 19.1. The lowest BCUT2D eigenvalue weighted by Gasteiger charge is -2.11. The van der Waals surface area contributed by atoms with Gasteiger partial charge in [-0.15, -0.1) is 0 Å². The zero-order valence-corrected chi connectivity index (χ0v) is 12.6. The van der Waals surface area contributed by atoms with E-state index in [1.807, 2.05) is 0 Å². The van der Waals surface area contributed by atoms with Gasteiger partial charge in [0.15, 0.2) is 0 Å². The van der Waals surface area contributed by atoms with Gasteiger partial charge in [-0.05, 0) is 25.3 Å². The maximum Gasteiger partial charge on any atom is 0.315 e. The van der Waals surface area contributed by atoms with Crippen molar-refractivity contribution in [2.45, 2.75) is 31.9 Å². The predicted octanol–water partition coefficient (Wildman–Crippen LogP) is 2.21. The molecule has 1 unspecified atom stereocenters. The number of benzene rings is 1. The standard InChI is InChI=1S/C16H23FN2O3/c17-15-7-2-1-5-13(15)11-19-16(20)18-8-4-9-21-12-14-6-3-10-22-14/h1-2,5,7,14H,3-4,6,8-12H2,(H2,18,19,20). The van der Waals surface area contributed by atoms with E-state index in [2.05, 4.69) is 10.6 Å². The van der Waals surface area contributed by atoms with Gasteiger partial charge in [-0.3, -0.25) is 0 Å². The van der Waals surface area contributed by atoms with Crippen molar-refractivity contribution in [1.82, 2.24) is 10.6 Å². The number of hydrogen-bond acceptors (Lipinski definition) is 3. The first-order valence-corrected chi connectivity index (χ1v) is 7.70. The quantitative estimate of drug-likeness (QED) is 0.724. The lowest BCUT2D eigenvalue weighted by molar-refractivity contribution is 0.0168. The van der Waals surface area contributed by atoms with Crippen LogP contribution in [0.1, 0.15) is 24.8 Å². The number of hydrogen-bond donors (Lipinski definition) is 2. The summed E-state index contributed by atoms with van der Waals surface area (Å²) in [5.41, 5.74) is 0.470. The van der Waals surface area contributed by atoms with Crippen LogP contribution >= 0.6 is 0 Å². The molecule has 2 rings (SSSR count). The Balaban J connectivity index is 1.48. The molecule has 1 aromatic rings. The van der Waals surface area contributed by atoms with Gasteiger partial charge in [0.2, 0.25) is 0 Å². The van der Waals surface area contributed by atoms with Crippen molar-refractivity contribution in [1.29, 1.82) is 0 Å². The number of rotatable bonds is 8. The van der Waals surface area contributed by atoms with E-state index in [-0.39, 0.29) is 24.5 Å². The second-order valence-electron chi connectivity index (χ2n) is 5.26. The highest BCUT2D eigenvalue weighted by Crippen LogP contribution is 2.11. The van der Waals surface area contributed by atoms with Crippen molar-refractivity contribution in [2.75, 3.05) is 26.4 Å². The molecule has 1 aliphatic heterocycles. The monoisotopic (exact) mass is 310 g/mol. The molecule has 1 atom stereocenters. The fraction of sp³-hybridized carbons (Fsp3) is 0.562. The van der Waals surface area contributed by atoms with Crippen LogP contribution in [0, 0.1) is 5.82 Å². The molecule has 2 N–H and O–H groups in total. The average molecular weight is 310 g/mol. The average Bonchev–Trinajstić information content (AvgIpc) is 3.03. The summed E-state index contributed by atoms with van der Waals surface area (Å²) < 4.78 is 24.3. The molecular weight excluding hydrogens is 287 g/mol. The summed E-state index contributed by atoms with van der Waals surface area (Å²) in [4.78, 5) is 11.6. The Morgan fingerprint density at radius 2 is 2.23 bits per heavy atom. The molecular formula is C16H23FN2O3. The van der Waals surface area contributed by atoms with Crippen LogP contribution in [0.4, 0.5) is 9.18 Å². The third kappa shape index (κ3) is 5.99. The number of ether oxygens (including phenoxy) is 2. The van der Waals surface area contributed by atoms with Crippen molar-refractivity contribution in [3.63, 3.8) is 0 Å². The first-order chi connectivity index (χ1) is 10.8. The van der Waals surface area contributed by atoms with Crippen molar-refractivity contribution >= 4 is 6.03 Å². The highest BCUT2D eigenvalue weighted by Gasteiger charge is 2.14. The Bertz CT molecular complexity index is 464. The minimum Gasteiger partial charge on any atom is -0.379 e. The molecule has 5 nitrogen and oxygen atoms in total. The van der Waals surface area contributed by atoms with Crippen LogP contribution in [0.5, 0.6) is 0 Å². The molecule has 122 valence electrons. The molecule has 0 radical (unpaired) electrons. The molecule has 1 saturated heterocycles. The summed E-state index contributed by atoms with van der Waals surface area (Å²) in [6, 6.07) is 6.08. The molecule has 2 amide bonds. The molecule has 0 saturated carbocycles. The van der Waals surface area contributed by atoms with Crippen LogP contribution in [0.25, 0.3) is 0 Å². The first-order valence-electron chi connectivity index (χ1n) is 7.70. The van der Waals surface area contributed by atoms with Gasteiger partial charge >= 0.3 is 6.03 Å². The third-order valence-electron chi connectivity index (χ3n) is 3.48. The predicted molar refractivity (Wildman–Crippen MR) is 81.0 cm³/mol. The van der Waals surface area contributed by atoms with E-state index in [1.165, 1.54) is 6.07 Å². The lowest BCUT2D eigenvalue weighted by atomic mass is 10.2. The molecule has 1 fully saturated rings. The Morgan fingerprint density at radius 3 is 3.00 bits per heavy atom. The number of halogens is 1. The largest absolute Gasteiger partial charge is 0.379 e. The zero-order valence-electron chi connectivity index (χ0n) is 12.6. The van der Waals surface area contributed by atoms with Crippen molar-refractivity contribution in [2.24, 2.45) is 0 Å². The fourth-order valence-corrected chi connectivity index (χ4v) is 2.25. The Kier molecular flexibility index (Phi) is 7.12. The topological polar surface area (TPSA) is 59.6 Å². The van der Waals surface area contributed by atoms with E-state index in [4.69, 9.17) is 9.47 Å². The van der Waals surface area contributed by atoms with Crippen LogP contribution in [0.2, 0.25) is 0 Å². The maximum atomic E-state index is 13.4. The number of amides is 2. The normalized spacial score (nSPS) is 17.4. The minimum absolute atomic E-state index is 0.175. The van der Waals surface area contributed by atoms with Crippen molar-refractivity contribution in [3.8, 4) is 0 Å². The smallest absolute Gasteiger partial charge is 0.315 e. The van der Waals surface area contributed by atoms with E-state index < -0.39 is 0 Å². The summed E-state index contributed by atoms with van der Waals surface area (Å²) in [6.45, 7) is 2.74. The van der Waals surface area contributed by atoms with Gasteiger partial charge in [0.1, 0.15) is 5.82 Å². The second-order valence-corrected chi connectivity index (χ2v) is 5.26. The molecule has 1 aromatic carbocycles. The molecule has 0 aromatic heterocycles. The van der Waals surface area contributed by atoms with Gasteiger partial charge in [-0.25, -0.2) is 9.18 Å². The SMILES string of the molecule is O=C(NCCCOCC1CCCO1)NCc1ccccc1F. The van der Waals surface area contributed by atoms with Crippen molar-refractivity contribution in [3.05, 3.63) is 35.6 Å². The first kappa shape index (κ1) is 16.7. The van der Waals surface area contributed by atoms with Crippen LogP contribution in [0.15, 0.2) is 24.3 Å². The third-order valence-corrected chi connectivity index (χ3v) is 3.48. The van der Waals surface area contributed by atoms with E-state index in [0.717, 1.165) is 25.9 Å². The molecule has 1 heterocycles. The van der Waals surface area contributed by atoms with Crippen LogP contribution in [-0.4, -0.2) is 38.5 Å². The summed E-state index contributed by atoms with van der Waals surface area (Å²) >= 11 is 0. The van der Waals surface area contributed by atoms with Gasteiger partial charge in [-0.2, -0.15) is 0 Å². The zero-order chi connectivity index (χ0) is 15.6. The van der Waals surface area contributed by atoms with E-state index >= 15 is 0 Å². The molecule has 0 spiro atoms. The van der Waals surface area contributed by atoms with E-state index in [1.54, 1.807) is 18.2 Å². The van der Waals surface area contributed by atoms with Gasteiger partial charge in [0.25, 0.3) is 0 Å². The summed E-state index contributed by atoms with van der Waals surface area (Å²) in [6.07, 6.45) is 3.14. The van der Waals surface area contributed by atoms with Gasteiger partial charge in [0, 0.05) is 31.9 Å². The highest BCUT2D eigenvalue weighted by molar-refractivity contribution is 5.73. The van der Waals surface area contributed by atoms with Gasteiger partial charge < -0.3 is 20.1 Å². The number of carbonyl (C=O) groups is 1. The van der Waals surface area contributed by atoms with E-state index in [0.29, 0.717) is 25.3 Å². The summed E-state index contributed by atoms with van der Waals surface area (Å²) in [5.74, 6) is -0.315. The summed E-state index contributed by atoms with van der Waals surface area (Å²) in [7, 11) is 0. The molecule has 22 heavy (non-hydrogen) atoms. The number of nitrogens with one attached hydrogen (secondary N) is 2. The van der Waals surface area contributed by atoms with Gasteiger partial charge in [0.05, 0.1) is 12.7 Å². The second kappa shape index (κ2) is 9.38. The summed E-state index contributed by atoms with van der Waals surface area (Å²) in [5, 5.41) is 5.34. The number of urea groups is 1. The Labute approximate surface area is 130 Å². The van der Waals surface area contributed by atoms with E-state index in [9.17, 15) is 9.18 Å². The van der Waals surface area contributed by atoms with Crippen LogP contribution < -0.4 is 10.6 Å².